The van der Waals surface area contributed by atoms with Crippen LogP contribution in [0.4, 0.5) is 19.3 Å². The van der Waals surface area contributed by atoms with Gasteiger partial charge >= 0.3 is 6.03 Å². The number of hydrogen-bond donors (Lipinski definition) is 1. The number of carbonyl (C=O) groups is 1. The van der Waals surface area contributed by atoms with Crippen molar-refractivity contribution in [2.75, 3.05) is 31.5 Å². The molecule has 2 saturated heterocycles. The van der Waals surface area contributed by atoms with Gasteiger partial charge in [-0.15, -0.1) is 0 Å². The van der Waals surface area contributed by atoms with Gasteiger partial charge in [0.15, 0.2) is 11.6 Å². The summed E-state index contributed by atoms with van der Waals surface area (Å²) in [6, 6.07) is 3.59. The van der Waals surface area contributed by atoms with Crippen molar-refractivity contribution < 1.29 is 13.6 Å². The number of carbonyl (C=O) groups excluding carboxylic acids is 1. The van der Waals surface area contributed by atoms with Gasteiger partial charge in [-0.3, -0.25) is 4.90 Å². The molecule has 1 unspecified atom stereocenters. The molecule has 1 atom stereocenters. The molecule has 2 fully saturated rings. The van der Waals surface area contributed by atoms with Gasteiger partial charge < -0.3 is 10.2 Å². The summed E-state index contributed by atoms with van der Waals surface area (Å²) in [7, 11) is 0. The first-order valence-electron chi connectivity index (χ1n) is 7.88. The zero-order valence-corrected chi connectivity index (χ0v) is 12.5. The molecule has 0 radical (unpaired) electrons. The summed E-state index contributed by atoms with van der Waals surface area (Å²) in [5.74, 6) is -1.86. The minimum atomic E-state index is -0.952. The van der Waals surface area contributed by atoms with Crippen molar-refractivity contribution in [2.45, 2.75) is 31.7 Å². The first-order chi connectivity index (χ1) is 10.6. The molecular formula is C16H21F2N3O. The fourth-order valence-electron chi connectivity index (χ4n) is 3.32. The third-order valence-electron chi connectivity index (χ3n) is 4.51. The van der Waals surface area contributed by atoms with Crippen LogP contribution in [0.25, 0.3) is 0 Å². The molecule has 4 nitrogen and oxygen atoms in total. The summed E-state index contributed by atoms with van der Waals surface area (Å²) in [6.07, 6.45) is 4.57. The van der Waals surface area contributed by atoms with Gasteiger partial charge in [0.2, 0.25) is 0 Å². The molecule has 1 aromatic carbocycles. The monoisotopic (exact) mass is 309 g/mol. The lowest BCUT2D eigenvalue weighted by atomic mass is 10.0. The van der Waals surface area contributed by atoms with Crippen molar-refractivity contribution in [1.82, 2.24) is 9.80 Å². The lowest BCUT2D eigenvalue weighted by Crippen LogP contribution is -2.50. The van der Waals surface area contributed by atoms with Crippen LogP contribution in [0.15, 0.2) is 18.2 Å². The Balaban J connectivity index is 1.60. The van der Waals surface area contributed by atoms with E-state index in [1.165, 1.54) is 18.9 Å². The van der Waals surface area contributed by atoms with E-state index in [9.17, 15) is 13.6 Å². The smallest absolute Gasteiger partial charge is 0.321 e. The van der Waals surface area contributed by atoms with Crippen molar-refractivity contribution in [3.05, 3.63) is 29.8 Å². The molecule has 2 heterocycles. The summed E-state index contributed by atoms with van der Waals surface area (Å²) >= 11 is 0. The highest BCUT2D eigenvalue weighted by Gasteiger charge is 2.29. The largest absolute Gasteiger partial charge is 0.323 e. The number of nitrogens with one attached hydrogen (secondary N) is 1. The van der Waals surface area contributed by atoms with E-state index in [0.717, 1.165) is 38.1 Å². The van der Waals surface area contributed by atoms with Crippen LogP contribution in [0.3, 0.4) is 0 Å². The minimum Gasteiger partial charge on any atom is -0.323 e. The van der Waals surface area contributed by atoms with E-state index in [1.807, 2.05) is 0 Å². The Hall–Kier alpha value is -1.69. The van der Waals surface area contributed by atoms with Gasteiger partial charge in [0, 0.05) is 30.9 Å². The Morgan fingerprint density at radius 2 is 1.86 bits per heavy atom. The van der Waals surface area contributed by atoms with E-state index in [-0.39, 0.29) is 11.7 Å². The lowest BCUT2D eigenvalue weighted by Gasteiger charge is -2.37. The molecule has 0 aliphatic carbocycles. The zero-order chi connectivity index (χ0) is 15.5. The third-order valence-corrected chi connectivity index (χ3v) is 4.51. The maximum absolute atomic E-state index is 13.2. The van der Waals surface area contributed by atoms with E-state index < -0.39 is 11.6 Å². The second-order valence-electron chi connectivity index (χ2n) is 6.04. The Morgan fingerprint density at radius 1 is 1.09 bits per heavy atom. The number of piperidine rings is 1. The number of amides is 2. The van der Waals surface area contributed by atoms with Crippen LogP contribution in [-0.4, -0.2) is 48.1 Å². The van der Waals surface area contributed by atoms with Crippen LogP contribution >= 0.6 is 0 Å². The highest BCUT2D eigenvalue weighted by molar-refractivity contribution is 5.89. The van der Waals surface area contributed by atoms with E-state index in [1.54, 1.807) is 4.90 Å². The van der Waals surface area contributed by atoms with Crippen LogP contribution in [0.2, 0.25) is 0 Å². The number of anilines is 1. The Labute approximate surface area is 129 Å². The second kappa shape index (κ2) is 6.60. The van der Waals surface area contributed by atoms with Gasteiger partial charge in [-0.1, -0.05) is 0 Å². The first-order valence-corrected chi connectivity index (χ1v) is 7.88. The predicted molar refractivity (Wildman–Crippen MR) is 80.8 cm³/mol. The zero-order valence-electron chi connectivity index (χ0n) is 12.5. The molecule has 1 aromatic rings. The predicted octanol–water partition coefficient (Wildman–Crippen LogP) is 3.06. The molecule has 0 spiro atoms. The Bertz CT molecular complexity index is 546. The number of urea groups is 1. The Kier molecular flexibility index (Phi) is 4.57. The first kappa shape index (κ1) is 15.2. The number of nitrogens with zero attached hydrogens (tertiary/aromatic N) is 2. The van der Waals surface area contributed by atoms with E-state index in [4.69, 9.17) is 0 Å². The maximum atomic E-state index is 13.2. The average molecular weight is 309 g/mol. The fourth-order valence-corrected chi connectivity index (χ4v) is 3.32. The molecule has 2 aliphatic rings. The molecule has 6 heteroatoms. The molecule has 0 saturated carbocycles. The molecule has 2 aliphatic heterocycles. The van der Waals surface area contributed by atoms with Gasteiger partial charge in [0.05, 0.1) is 0 Å². The molecule has 120 valence electrons. The van der Waals surface area contributed by atoms with Gasteiger partial charge in [-0.25, -0.2) is 13.6 Å². The van der Waals surface area contributed by atoms with Crippen LogP contribution < -0.4 is 5.32 Å². The summed E-state index contributed by atoms with van der Waals surface area (Å²) in [4.78, 5) is 16.5. The lowest BCUT2D eigenvalue weighted by molar-refractivity contribution is 0.132. The van der Waals surface area contributed by atoms with Gasteiger partial charge in [0.1, 0.15) is 0 Å². The normalized spacial score (nSPS) is 22.8. The third kappa shape index (κ3) is 3.38. The SMILES string of the molecule is O=C(Nc1ccc(F)c(F)c1)N1CCCC(N2CCCC2)C1. The van der Waals surface area contributed by atoms with E-state index in [2.05, 4.69) is 10.2 Å². The number of halogens is 2. The molecule has 2 amide bonds. The minimum absolute atomic E-state index is 0.241. The van der Waals surface area contributed by atoms with Crippen molar-refractivity contribution >= 4 is 11.7 Å². The van der Waals surface area contributed by atoms with E-state index in [0.29, 0.717) is 19.1 Å². The number of rotatable bonds is 2. The molecule has 0 aromatic heterocycles. The number of likely N-dealkylation sites (tertiary alicyclic amines) is 2. The average Bonchev–Trinajstić information content (AvgIpc) is 3.05. The molecule has 0 bridgehead atoms. The Morgan fingerprint density at radius 3 is 2.59 bits per heavy atom. The summed E-state index contributed by atoms with van der Waals surface area (Å²) < 4.78 is 26.1. The van der Waals surface area contributed by atoms with Gasteiger partial charge in [0.25, 0.3) is 0 Å². The highest BCUT2D eigenvalue weighted by atomic mass is 19.2. The van der Waals surface area contributed by atoms with Crippen molar-refractivity contribution in [3.63, 3.8) is 0 Å². The van der Waals surface area contributed by atoms with Crippen LogP contribution in [0.5, 0.6) is 0 Å². The number of benzene rings is 1. The molecular weight excluding hydrogens is 288 g/mol. The van der Waals surface area contributed by atoms with Crippen molar-refractivity contribution in [3.8, 4) is 0 Å². The van der Waals surface area contributed by atoms with Crippen molar-refractivity contribution in [1.29, 1.82) is 0 Å². The summed E-state index contributed by atoms with van der Waals surface area (Å²) in [6.45, 7) is 3.64. The topological polar surface area (TPSA) is 35.6 Å². The van der Waals surface area contributed by atoms with Crippen molar-refractivity contribution in [2.24, 2.45) is 0 Å². The van der Waals surface area contributed by atoms with Crippen LogP contribution in [0, 0.1) is 11.6 Å². The quantitative estimate of drug-likeness (QED) is 0.911. The standard InChI is InChI=1S/C16H21F2N3O/c17-14-6-5-12(10-15(14)18)19-16(22)21-9-3-4-13(11-21)20-7-1-2-8-20/h5-6,10,13H,1-4,7-9,11H2,(H,19,22). The fraction of sp³-hybridized carbons (Fsp3) is 0.562. The maximum Gasteiger partial charge on any atom is 0.321 e. The second-order valence-corrected chi connectivity index (χ2v) is 6.04. The summed E-state index contributed by atoms with van der Waals surface area (Å²) in [5.41, 5.74) is 0.284. The van der Waals surface area contributed by atoms with Crippen LogP contribution in [0.1, 0.15) is 25.7 Å². The molecule has 22 heavy (non-hydrogen) atoms. The van der Waals surface area contributed by atoms with Gasteiger partial charge in [-0.2, -0.15) is 0 Å². The number of hydrogen-bond acceptors (Lipinski definition) is 2. The van der Waals surface area contributed by atoms with Crippen LogP contribution in [-0.2, 0) is 0 Å². The molecule has 1 N–H and O–H groups in total. The van der Waals surface area contributed by atoms with E-state index >= 15 is 0 Å². The van der Waals surface area contributed by atoms with Gasteiger partial charge in [-0.05, 0) is 50.9 Å². The summed E-state index contributed by atoms with van der Waals surface area (Å²) in [5, 5.41) is 2.65. The highest BCUT2D eigenvalue weighted by Crippen LogP contribution is 2.21. The molecule has 3 rings (SSSR count).